The Morgan fingerprint density at radius 1 is 1.19 bits per heavy atom. The van der Waals surface area contributed by atoms with Crippen molar-refractivity contribution < 1.29 is 4.74 Å². The van der Waals surface area contributed by atoms with Crippen molar-refractivity contribution in [2.24, 2.45) is 0 Å². The van der Waals surface area contributed by atoms with E-state index in [2.05, 4.69) is 49.4 Å². The minimum Gasteiger partial charge on any atom is -0.497 e. The van der Waals surface area contributed by atoms with Crippen molar-refractivity contribution in [2.75, 3.05) is 29.9 Å². The van der Waals surface area contributed by atoms with E-state index in [9.17, 15) is 0 Å². The summed E-state index contributed by atoms with van der Waals surface area (Å²) in [5.41, 5.74) is 5.43. The van der Waals surface area contributed by atoms with Gasteiger partial charge in [-0.2, -0.15) is 0 Å². The van der Waals surface area contributed by atoms with E-state index in [4.69, 9.17) is 9.72 Å². The van der Waals surface area contributed by atoms with Gasteiger partial charge < -0.3 is 19.7 Å². The Labute approximate surface area is 217 Å². The van der Waals surface area contributed by atoms with E-state index in [1.807, 2.05) is 49.0 Å². The summed E-state index contributed by atoms with van der Waals surface area (Å²) >= 11 is 1.54. The predicted octanol–water partition coefficient (Wildman–Crippen LogP) is 5.15. The summed E-state index contributed by atoms with van der Waals surface area (Å²) in [6.45, 7) is 9.48. The van der Waals surface area contributed by atoms with Crippen LogP contribution in [-0.4, -0.2) is 56.7 Å². The number of hydrogen-bond donors (Lipinski definition) is 2. The lowest BCUT2D eigenvalue weighted by molar-refractivity contribution is 0.102. The molecule has 0 bridgehead atoms. The van der Waals surface area contributed by atoms with E-state index in [0.717, 1.165) is 66.7 Å². The number of likely N-dealkylation sites (tertiary alicyclic amines) is 1. The molecule has 0 saturated carbocycles. The third-order valence-electron chi connectivity index (χ3n) is 7.02. The number of ether oxygens (including phenoxy) is 1. The first-order valence-electron chi connectivity index (χ1n) is 12.2. The summed E-state index contributed by atoms with van der Waals surface area (Å²) in [4.78, 5) is 18.8. The Hall–Kier alpha value is -3.30. The number of hydrogen-bond acceptors (Lipinski definition) is 9. The quantitative estimate of drug-likeness (QED) is 0.406. The number of nitrogens with zero attached hydrogens (tertiary/aromatic N) is 5. The van der Waals surface area contributed by atoms with Crippen LogP contribution in [0.15, 0.2) is 55.4 Å². The van der Waals surface area contributed by atoms with Crippen molar-refractivity contribution in [1.82, 2.24) is 24.8 Å². The Bertz CT molecular complexity index is 1240. The van der Waals surface area contributed by atoms with Gasteiger partial charge in [-0.1, -0.05) is 24.6 Å². The van der Waals surface area contributed by atoms with E-state index >= 15 is 0 Å². The SMILES string of the molecule is C=C(c1ccnc(NSC)c1)N1CC[C@H](N2Cc3cnc(Nc4cccc(OC)c4)nc3C2)C[C@H]1C. The van der Waals surface area contributed by atoms with Gasteiger partial charge in [0.25, 0.3) is 0 Å². The Morgan fingerprint density at radius 2 is 2.08 bits per heavy atom. The lowest BCUT2D eigenvalue weighted by Crippen LogP contribution is -2.46. The summed E-state index contributed by atoms with van der Waals surface area (Å²) in [5.74, 6) is 2.28. The third kappa shape index (κ3) is 5.27. The molecule has 4 heterocycles. The average molecular weight is 504 g/mol. The molecule has 0 spiro atoms. The highest BCUT2D eigenvalue weighted by atomic mass is 32.2. The molecule has 0 unspecified atom stereocenters. The summed E-state index contributed by atoms with van der Waals surface area (Å²) < 4.78 is 8.53. The fourth-order valence-corrected chi connectivity index (χ4v) is 5.46. The van der Waals surface area contributed by atoms with Crippen LogP contribution in [0.4, 0.5) is 17.5 Å². The minimum atomic E-state index is 0.404. The Kier molecular flexibility index (Phi) is 7.29. The Morgan fingerprint density at radius 3 is 2.89 bits per heavy atom. The predicted molar refractivity (Wildman–Crippen MR) is 147 cm³/mol. The molecule has 1 saturated heterocycles. The number of benzene rings is 1. The molecular weight excluding hydrogens is 470 g/mol. The molecule has 0 radical (unpaired) electrons. The second-order valence-corrected chi connectivity index (χ2v) is 9.94. The van der Waals surface area contributed by atoms with Gasteiger partial charge in [0.2, 0.25) is 5.95 Å². The van der Waals surface area contributed by atoms with Crippen molar-refractivity contribution in [3.63, 3.8) is 0 Å². The number of piperidine rings is 1. The molecule has 188 valence electrons. The van der Waals surface area contributed by atoms with E-state index in [-0.39, 0.29) is 0 Å². The van der Waals surface area contributed by atoms with Crippen LogP contribution in [0.3, 0.4) is 0 Å². The first-order valence-corrected chi connectivity index (χ1v) is 13.5. The molecular formula is C27H33N7OS. The first kappa shape index (κ1) is 24.4. The van der Waals surface area contributed by atoms with Gasteiger partial charge in [0.05, 0.1) is 12.8 Å². The minimum absolute atomic E-state index is 0.404. The maximum atomic E-state index is 5.32. The highest BCUT2D eigenvalue weighted by Gasteiger charge is 2.33. The molecule has 2 atom stereocenters. The van der Waals surface area contributed by atoms with E-state index in [1.54, 1.807) is 19.1 Å². The van der Waals surface area contributed by atoms with Gasteiger partial charge in [-0.25, -0.2) is 15.0 Å². The van der Waals surface area contributed by atoms with Crippen molar-refractivity contribution >= 4 is 35.1 Å². The van der Waals surface area contributed by atoms with Crippen LogP contribution in [0.25, 0.3) is 5.70 Å². The van der Waals surface area contributed by atoms with Gasteiger partial charge in [-0.3, -0.25) is 4.90 Å². The summed E-state index contributed by atoms with van der Waals surface area (Å²) in [6.07, 6.45) is 8.00. The van der Waals surface area contributed by atoms with Crippen molar-refractivity contribution in [1.29, 1.82) is 0 Å². The molecule has 8 nitrogen and oxygen atoms in total. The normalized spacial score (nSPS) is 19.6. The molecule has 0 amide bonds. The lowest BCUT2D eigenvalue weighted by atomic mass is 9.95. The van der Waals surface area contributed by atoms with E-state index in [0.29, 0.717) is 18.0 Å². The van der Waals surface area contributed by atoms with Crippen molar-refractivity contribution in [3.05, 3.63) is 72.2 Å². The van der Waals surface area contributed by atoms with Gasteiger partial charge in [-0.15, -0.1) is 0 Å². The van der Waals surface area contributed by atoms with Crippen LogP contribution in [0.1, 0.15) is 36.6 Å². The van der Waals surface area contributed by atoms with Gasteiger partial charge in [0.1, 0.15) is 11.6 Å². The first-order chi connectivity index (χ1) is 17.5. The molecule has 3 aromatic rings. The average Bonchev–Trinajstić information content (AvgIpc) is 3.32. The summed E-state index contributed by atoms with van der Waals surface area (Å²) in [6, 6.07) is 12.8. The second kappa shape index (κ2) is 10.8. The van der Waals surface area contributed by atoms with E-state index < -0.39 is 0 Å². The number of rotatable bonds is 8. The van der Waals surface area contributed by atoms with Crippen LogP contribution < -0.4 is 14.8 Å². The molecule has 2 aromatic heterocycles. The number of pyridine rings is 1. The highest BCUT2D eigenvalue weighted by Crippen LogP contribution is 2.33. The monoisotopic (exact) mass is 503 g/mol. The molecule has 0 aliphatic carbocycles. The van der Waals surface area contributed by atoms with Crippen LogP contribution in [0.5, 0.6) is 5.75 Å². The number of nitrogens with one attached hydrogen (secondary N) is 2. The maximum absolute atomic E-state index is 5.32. The zero-order valence-electron chi connectivity index (χ0n) is 21.1. The molecule has 2 aliphatic heterocycles. The number of anilines is 3. The fourth-order valence-electron chi connectivity index (χ4n) is 5.14. The van der Waals surface area contributed by atoms with Crippen LogP contribution in [-0.2, 0) is 13.1 Å². The third-order valence-corrected chi connectivity index (χ3v) is 7.43. The number of aromatic nitrogens is 3. The number of methoxy groups -OCH3 is 1. The second-order valence-electron chi connectivity index (χ2n) is 9.33. The van der Waals surface area contributed by atoms with Gasteiger partial charge in [0.15, 0.2) is 0 Å². The molecule has 9 heteroatoms. The molecule has 2 aliphatic rings. The molecule has 5 rings (SSSR count). The van der Waals surface area contributed by atoms with Gasteiger partial charge >= 0.3 is 0 Å². The van der Waals surface area contributed by atoms with Crippen LogP contribution in [0, 0.1) is 0 Å². The van der Waals surface area contributed by atoms with Crippen molar-refractivity contribution in [2.45, 2.75) is 44.9 Å². The zero-order valence-corrected chi connectivity index (χ0v) is 21.9. The topological polar surface area (TPSA) is 78.4 Å². The van der Waals surface area contributed by atoms with Gasteiger partial charge in [0, 0.05) is 78.9 Å². The van der Waals surface area contributed by atoms with Crippen LogP contribution >= 0.6 is 11.9 Å². The molecule has 1 fully saturated rings. The Balaban J connectivity index is 1.20. The molecule has 2 N–H and O–H groups in total. The summed E-state index contributed by atoms with van der Waals surface area (Å²) in [7, 11) is 1.67. The zero-order chi connectivity index (χ0) is 25.1. The van der Waals surface area contributed by atoms with Gasteiger partial charge in [-0.05, 0) is 44.0 Å². The van der Waals surface area contributed by atoms with Crippen molar-refractivity contribution in [3.8, 4) is 5.75 Å². The lowest BCUT2D eigenvalue weighted by Gasteiger charge is -2.43. The van der Waals surface area contributed by atoms with E-state index in [1.165, 1.54) is 5.56 Å². The smallest absolute Gasteiger partial charge is 0.227 e. The molecule has 1 aromatic carbocycles. The summed E-state index contributed by atoms with van der Waals surface area (Å²) in [5, 5.41) is 3.31. The maximum Gasteiger partial charge on any atom is 0.227 e. The fraction of sp³-hybridized carbons (Fsp3) is 0.370. The largest absolute Gasteiger partial charge is 0.497 e. The number of fused-ring (bicyclic) bond motifs is 1. The standard InChI is InChI=1S/C27H33N7OS/c1-18-12-23(9-11-34(18)19(2)20-8-10-28-26(13-20)32-36-4)33-16-21-15-29-27(31-25(21)17-33)30-22-6-5-7-24(14-22)35-3/h5-8,10,13-15,18,23H,2,9,11-12,16-17H2,1,3-4H3,(H,28,32)(H,29,30,31)/t18-,23+/m1/s1. The molecule has 36 heavy (non-hydrogen) atoms. The highest BCUT2D eigenvalue weighted by molar-refractivity contribution is 7.99. The van der Waals surface area contributed by atoms with Crippen LogP contribution in [0.2, 0.25) is 0 Å².